The minimum atomic E-state index is 0.906. The van der Waals surface area contributed by atoms with Gasteiger partial charge in [-0.3, -0.25) is 0 Å². The summed E-state index contributed by atoms with van der Waals surface area (Å²) in [4.78, 5) is 0. The van der Waals surface area contributed by atoms with Crippen LogP contribution in [0.3, 0.4) is 0 Å². The average molecular weight is 205 g/mol. The van der Waals surface area contributed by atoms with E-state index in [-0.39, 0.29) is 0 Å². The predicted molar refractivity (Wildman–Crippen MR) is 61.6 cm³/mol. The fourth-order valence-electron chi connectivity index (χ4n) is 1.61. The van der Waals surface area contributed by atoms with Crippen LogP contribution in [0.15, 0.2) is 29.0 Å². The van der Waals surface area contributed by atoms with E-state index in [1.165, 1.54) is 20.2 Å². The summed E-state index contributed by atoms with van der Waals surface area (Å²) in [6.45, 7) is 0. The Kier molecular flexibility index (Phi) is 1.39. The molecule has 2 heterocycles. The highest BCUT2D eigenvalue weighted by molar-refractivity contribution is 7.19. The van der Waals surface area contributed by atoms with Gasteiger partial charge in [0.15, 0.2) is 0 Å². The molecular formula is C10H7NS2. The standard InChI is InChI=1S/C10H7NS2/c11-7-5-13-9-2-1-8-6(10(7)9)3-4-12-8/h1-5H,11H2. The lowest BCUT2D eigenvalue weighted by atomic mass is 10.2. The van der Waals surface area contributed by atoms with Crippen molar-refractivity contribution < 1.29 is 0 Å². The molecule has 0 aliphatic carbocycles. The van der Waals surface area contributed by atoms with Crippen molar-refractivity contribution in [2.75, 3.05) is 5.73 Å². The van der Waals surface area contributed by atoms with Gasteiger partial charge in [-0.15, -0.1) is 22.7 Å². The van der Waals surface area contributed by atoms with Crippen LogP contribution in [0.5, 0.6) is 0 Å². The lowest BCUT2D eigenvalue weighted by molar-refractivity contribution is 1.95. The Hall–Kier alpha value is -1.06. The zero-order chi connectivity index (χ0) is 8.84. The Morgan fingerprint density at radius 1 is 1.00 bits per heavy atom. The first-order valence-electron chi connectivity index (χ1n) is 3.99. The van der Waals surface area contributed by atoms with Crippen LogP contribution in [0.1, 0.15) is 0 Å². The molecule has 3 heteroatoms. The van der Waals surface area contributed by atoms with Gasteiger partial charge in [0.25, 0.3) is 0 Å². The first kappa shape index (κ1) is 7.35. The van der Waals surface area contributed by atoms with Gasteiger partial charge in [-0.25, -0.2) is 0 Å². The lowest BCUT2D eigenvalue weighted by Gasteiger charge is -1.93. The highest BCUT2D eigenvalue weighted by atomic mass is 32.1. The molecule has 1 aromatic carbocycles. The van der Waals surface area contributed by atoms with E-state index in [1.807, 2.05) is 5.38 Å². The van der Waals surface area contributed by atoms with Crippen molar-refractivity contribution >= 4 is 48.5 Å². The largest absolute Gasteiger partial charge is 0.398 e. The number of benzene rings is 1. The van der Waals surface area contributed by atoms with E-state index in [0.717, 1.165) is 5.69 Å². The van der Waals surface area contributed by atoms with E-state index in [4.69, 9.17) is 5.73 Å². The molecule has 2 N–H and O–H groups in total. The fraction of sp³-hybridized carbons (Fsp3) is 0. The van der Waals surface area contributed by atoms with Crippen LogP contribution in [0.25, 0.3) is 20.2 Å². The predicted octanol–water partition coefficient (Wildman–Crippen LogP) is 3.70. The molecule has 0 radical (unpaired) electrons. The van der Waals surface area contributed by atoms with Gasteiger partial charge in [-0.2, -0.15) is 0 Å². The Labute approximate surface area is 83.4 Å². The molecular weight excluding hydrogens is 198 g/mol. The first-order chi connectivity index (χ1) is 6.36. The molecule has 0 saturated heterocycles. The molecule has 0 atom stereocenters. The highest BCUT2D eigenvalue weighted by Gasteiger charge is 2.05. The summed E-state index contributed by atoms with van der Waals surface area (Å²) >= 11 is 3.48. The molecule has 0 spiro atoms. The Morgan fingerprint density at radius 3 is 2.77 bits per heavy atom. The van der Waals surface area contributed by atoms with Crippen LogP contribution >= 0.6 is 22.7 Å². The van der Waals surface area contributed by atoms with Gasteiger partial charge in [0.05, 0.1) is 5.69 Å². The Bertz CT molecular complexity index is 577. The number of fused-ring (bicyclic) bond motifs is 3. The lowest BCUT2D eigenvalue weighted by Crippen LogP contribution is -1.79. The monoisotopic (exact) mass is 205 g/mol. The molecule has 0 unspecified atom stereocenters. The van der Waals surface area contributed by atoms with Crippen LogP contribution in [-0.2, 0) is 0 Å². The molecule has 3 rings (SSSR count). The number of anilines is 1. The van der Waals surface area contributed by atoms with Gasteiger partial charge in [0, 0.05) is 25.6 Å². The first-order valence-corrected chi connectivity index (χ1v) is 5.75. The topological polar surface area (TPSA) is 26.0 Å². The second kappa shape index (κ2) is 2.47. The van der Waals surface area contributed by atoms with E-state index in [0.29, 0.717) is 0 Å². The van der Waals surface area contributed by atoms with Crippen molar-refractivity contribution in [3.63, 3.8) is 0 Å². The van der Waals surface area contributed by atoms with Crippen molar-refractivity contribution in [3.05, 3.63) is 29.0 Å². The number of nitrogens with two attached hydrogens (primary N) is 1. The summed E-state index contributed by atoms with van der Waals surface area (Å²) in [5.74, 6) is 0. The van der Waals surface area contributed by atoms with Crippen LogP contribution in [-0.4, -0.2) is 0 Å². The zero-order valence-corrected chi connectivity index (χ0v) is 8.41. The van der Waals surface area contributed by atoms with E-state index >= 15 is 0 Å². The third-order valence-corrected chi connectivity index (χ3v) is 4.05. The van der Waals surface area contributed by atoms with Crippen LogP contribution in [0.4, 0.5) is 5.69 Å². The molecule has 3 aromatic rings. The molecule has 0 fully saturated rings. The number of thiophene rings is 2. The Balaban J connectivity index is 2.70. The molecule has 1 nitrogen and oxygen atoms in total. The molecule has 0 saturated carbocycles. The molecule has 0 aliphatic rings. The highest BCUT2D eigenvalue weighted by Crippen LogP contribution is 2.36. The minimum absolute atomic E-state index is 0.906. The van der Waals surface area contributed by atoms with Gasteiger partial charge in [0.2, 0.25) is 0 Å². The van der Waals surface area contributed by atoms with E-state index in [1.54, 1.807) is 22.7 Å². The van der Waals surface area contributed by atoms with Crippen molar-refractivity contribution in [3.8, 4) is 0 Å². The summed E-state index contributed by atoms with van der Waals surface area (Å²) in [6, 6.07) is 6.46. The van der Waals surface area contributed by atoms with Crippen molar-refractivity contribution in [2.24, 2.45) is 0 Å². The molecule has 64 valence electrons. The van der Waals surface area contributed by atoms with Crippen molar-refractivity contribution in [2.45, 2.75) is 0 Å². The van der Waals surface area contributed by atoms with Crippen LogP contribution in [0.2, 0.25) is 0 Å². The number of hydrogen-bond donors (Lipinski definition) is 1. The van der Waals surface area contributed by atoms with E-state index in [9.17, 15) is 0 Å². The quantitative estimate of drug-likeness (QED) is 0.595. The Morgan fingerprint density at radius 2 is 1.85 bits per heavy atom. The second-order valence-electron chi connectivity index (χ2n) is 2.96. The summed E-state index contributed by atoms with van der Waals surface area (Å²) in [6.07, 6.45) is 0. The van der Waals surface area contributed by atoms with E-state index < -0.39 is 0 Å². The summed E-state index contributed by atoms with van der Waals surface area (Å²) < 4.78 is 2.60. The average Bonchev–Trinajstić information content (AvgIpc) is 2.70. The maximum Gasteiger partial charge on any atom is 0.0509 e. The second-order valence-corrected chi connectivity index (χ2v) is 4.82. The fourth-order valence-corrected chi connectivity index (χ4v) is 3.26. The number of rotatable bonds is 0. The van der Waals surface area contributed by atoms with Gasteiger partial charge >= 0.3 is 0 Å². The molecule has 0 aliphatic heterocycles. The van der Waals surface area contributed by atoms with E-state index in [2.05, 4.69) is 23.6 Å². The van der Waals surface area contributed by atoms with Gasteiger partial charge < -0.3 is 5.73 Å². The summed E-state index contributed by atoms with van der Waals surface area (Å²) in [5, 5.41) is 6.65. The normalized spacial score (nSPS) is 11.4. The number of nitrogen functional groups attached to an aromatic ring is 1. The summed E-state index contributed by atoms with van der Waals surface area (Å²) in [7, 11) is 0. The molecule has 2 aromatic heterocycles. The minimum Gasteiger partial charge on any atom is -0.398 e. The van der Waals surface area contributed by atoms with Crippen LogP contribution < -0.4 is 5.73 Å². The van der Waals surface area contributed by atoms with Crippen molar-refractivity contribution in [1.82, 2.24) is 0 Å². The van der Waals surface area contributed by atoms with Gasteiger partial charge in [-0.1, -0.05) is 0 Å². The maximum absolute atomic E-state index is 5.92. The third-order valence-electron chi connectivity index (χ3n) is 2.20. The van der Waals surface area contributed by atoms with Crippen molar-refractivity contribution in [1.29, 1.82) is 0 Å². The van der Waals surface area contributed by atoms with Gasteiger partial charge in [0.1, 0.15) is 0 Å². The maximum atomic E-state index is 5.92. The third kappa shape index (κ3) is 0.913. The summed E-state index contributed by atoms with van der Waals surface area (Å²) in [5.41, 5.74) is 6.82. The molecule has 0 bridgehead atoms. The molecule has 0 amide bonds. The number of hydrogen-bond acceptors (Lipinski definition) is 3. The SMILES string of the molecule is Nc1csc2ccc3sccc3c12. The van der Waals surface area contributed by atoms with Crippen LogP contribution in [0, 0.1) is 0 Å². The van der Waals surface area contributed by atoms with Gasteiger partial charge in [-0.05, 0) is 23.6 Å². The zero-order valence-electron chi connectivity index (χ0n) is 6.78. The smallest absolute Gasteiger partial charge is 0.0509 e. The molecule has 13 heavy (non-hydrogen) atoms.